The van der Waals surface area contributed by atoms with Gasteiger partial charge in [-0.3, -0.25) is 9.78 Å². The Morgan fingerprint density at radius 2 is 1.73 bits per heavy atom. The van der Waals surface area contributed by atoms with E-state index in [1.54, 1.807) is 18.6 Å². The molecule has 1 N–H and O–H groups in total. The molecule has 3 aromatic rings. The number of likely N-dealkylation sites (N-methyl/N-ethyl adjacent to an activating group) is 1. The second-order valence-electron chi connectivity index (χ2n) is 7.63. The number of nitrogens with one attached hydrogen (secondary N) is 1. The van der Waals surface area contributed by atoms with Crippen molar-refractivity contribution in [3.8, 4) is 11.4 Å². The summed E-state index contributed by atoms with van der Waals surface area (Å²) in [5.74, 6) is 1.16. The van der Waals surface area contributed by atoms with Gasteiger partial charge in [-0.05, 0) is 31.7 Å². The highest BCUT2D eigenvalue weighted by atomic mass is 16.1. The van der Waals surface area contributed by atoms with Crippen LogP contribution in [0.1, 0.15) is 21.5 Å². The number of anilines is 1. The summed E-state index contributed by atoms with van der Waals surface area (Å²) in [6.45, 7) is 6.00. The van der Waals surface area contributed by atoms with Crippen LogP contribution < -0.4 is 10.2 Å². The number of rotatable bonds is 5. The van der Waals surface area contributed by atoms with Gasteiger partial charge in [0.2, 0.25) is 0 Å². The molecule has 1 saturated heterocycles. The van der Waals surface area contributed by atoms with Crippen molar-refractivity contribution in [3.05, 3.63) is 71.7 Å². The number of hydrogen-bond acceptors (Lipinski definition) is 6. The minimum atomic E-state index is -0.170. The quantitative estimate of drug-likeness (QED) is 0.707. The predicted molar refractivity (Wildman–Crippen MR) is 117 cm³/mol. The third kappa shape index (κ3) is 4.63. The molecule has 0 unspecified atom stereocenters. The molecule has 2 aromatic heterocycles. The standard InChI is InChI=1S/C23H26N6O/c1-17-3-5-19(6-4-17)21-25-16-20(22(27-21)29-13-11-28(2)12-14-29)23(30)26-15-18-7-9-24-10-8-18/h3-10,16H,11-15H2,1-2H3,(H,26,30). The summed E-state index contributed by atoms with van der Waals surface area (Å²) in [4.78, 5) is 30.8. The fraction of sp³-hybridized carbons (Fsp3) is 0.304. The first-order valence-electron chi connectivity index (χ1n) is 10.1. The zero-order valence-corrected chi connectivity index (χ0v) is 17.4. The third-order valence-corrected chi connectivity index (χ3v) is 5.33. The van der Waals surface area contributed by atoms with Gasteiger partial charge in [0.05, 0.1) is 0 Å². The number of pyridine rings is 1. The van der Waals surface area contributed by atoms with Gasteiger partial charge in [-0.2, -0.15) is 0 Å². The maximum Gasteiger partial charge on any atom is 0.256 e. The molecule has 4 rings (SSSR count). The van der Waals surface area contributed by atoms with Gasteiger partial charge in [0.1, 0.15) is 11.4 Å². The lowest BCUT2D eigenvalue weighted by Crippen LogP contribution is -2.45. The Balaban J connectivity index is 1.62. The summed E-state index contributed by atoms with van der Waals surface area (Å²) < 4.78 is 0. The lowest BCUT2D eigenvalue weighted by Gasteiger charge is -2.34. The molecule has 0 atom stereocenters. The highest BCUT2D eigenvalue weighted by Crippen LogP contribution is 2.24. The van der Waals surface area contributed by atoms with E-state index in [1.807, 2.05) is 36.4 Å². The smallest absolute Gasteiger partial charge is 0.256 e. The maximum absolute atomic E-state index is 13.0. The summed E-state index contributed by atoms with van der Waals surface area (Å²) in [7, 11) is 2.11. The molecule has 1 amide bonds. The van der Waals surface area contributed by atoms with Gasteiger partial charge in [-0.25, -0.2) is 9.97 Å². The van der Waals surface area contributed by atoms with E-state index >= 15 is 0 Å². The van der Waals surface area contributed by atoms with E-state index in [0.29, 0.717) is 23.8 Å². The molecule has 0 aliphatic carbocycles. The number of amides is 1. The van der Waals surface area contributed by atoms with Gasteiger partial charge in [0.15, 0.2) is 5.82 Å². The van der Waals surface area contributed by atoms with E-state index in [-0.39, 0.29) is 5.91 Å². The number of carbonyl (C=O) groups is 1. The van der Waals surface area contributed by atoms with Crippen molar-refractivity contribution in [1.29, 1.82) is 0 Å². The first kappa shape index (κ1) is 20.0. The van der Waals surface area contributed by atoms with Gasteiger partial charge >= 0.3 is 0 Å². The summed E-state index contributed by atoms with van der Waals surface area (Å²) in [6, 6.07) is 11.9. The lowest BCUT2D eigenvalue weighted by molar-refractivity contribution is 0.0950. The molecule has 1 aliphatic rings. The van der Waals surface area contributed by atoms with Crippen LogP contribution in [0.25, 0.3) is 11.4 Å². The van der Waals surface area contributed by atoms with Crippen molar-refractivity contribution < 1.29 is 4.79 Å². The van der Waals surface area contributed by atoms with Gasteiger partial charge in [0.25, 0.3) is 5.91 Å². The molecule has 1 fully saturated rings. The molecule has 0 spiro atoms. The Kier molecular flexibility index (Phi) is 5.99. The van der Waals surface area contributed by atoms with Crippen molar-refractivity contribution >= 4 is 11.7 Å². The number of nitrogens with zero attached hydrogens (tertiary/aromatic N) is 5. The maximum atomic E-state index is 13.0. The number of benzene rings is 1. The topological polar surface area (TPSA) is 74.2 Å². The molecule has 1 aliphatic heterocycles. The predicted octanol–water partition coefficient (Wildman–Crippen LogP) is 2.53. The summed E-state index contributed by atoms with van der Waals surface area (Å²) in [6.07, 6.45) is 5.09. The van der Waals surface area contributed by atoms with Gasteiger partial charge in [-0.15, -0.1) is 0 Å². The summed E-state index contributed by atoms with van der Waals surface area (Å²) >= 11 is 0. The fourth-order valence-corrected chi connectivity index (χ4v) is 3.41. The number of aromatic nitrogens is 3. The highest BCUT2D eigenvalue weighted by molar-refractivity contribution is 5.98. The Morgan fingerprint density at radius 3 is 2.43 bits per heavy atom. The van der Waals surface area contributed by atoms with Crippen molar-refractivity contribution in [3.63, 3.8) is 0 Å². The van der Waals surface area contributed by atoms with Crippen LogP contribution in [0.4, 0.5) is 5.82 Å². The Bertz CT molecular complexity index is 998. The molecule has 0 radical (unpaired) electrons. The Morgan fingerprint density at radius 1 is 1.03 bits per heavy atom. The lowest BCUT2D eigenvalue weighted by atomic mass is 10.1. The van der Waals surface area contributed by atoms with E-state index in [0.717, 1.165) is 37.3 Å². The molecular weight excluding hydrogens is 376 g/mol. The van der Waals surface area contributed by atoms with Crippen LogP contribution in [0.3, 0.4) is 0 Å². The van der Waals surface area contributed by atoms with Crippen LogP contribution in [-0.2, 0) is 6.54 Å². The first-order valence-corrected chi connectivity index (χ1v) is 10.1. The van der Waals surface area contributed by atoms with Crippen molar-refractivity contribution in [2.75, 3.05) is 38.1 Å². The molecule has 7 nitrogen and oxygen atoms in total. The number of aryl methyl sites for hydroxylation is 1. The first-order chi connectivity index (χ1) is 14.6. The largest absolute Gasteiger partial charge is 0.353 e. The summed E-state index contributed by atoms with van der Waals surface area (Å²) in [5, 5.41) is 2.99. The van der Waals surface area contributed by atoms with Crippen molar-refractivity contribution in [2.24, 2.45) is 0 Å². The van der Waals surface area contributed by atoms with Crippen LogP contribution >= 0.6 is 0 Å². The SMILES string of the molecule is Cc1ccc(-c2ncc(C(=O)NCc3ccncc3)c(N3CCN(C)CC3)n2)cc1. The molecule has 154 valence electrons. The van der Waals surface area contributed by atoms with Crippen molar-refractivity contribution in [1.82, 2.24) is 25.2 Å². The minimum Gasteiger partial charge on any atom is -0.353 e. The van der Waals surface area contributed by atoms with Crippen LogP contribution in [-0.4, -0.2) is 59.0 Å². The van der Waals surface area contributed by atoms with E-state index in [2.05, 4.69) is 39.1 Å². The normalized spacial score (nSPS) is 14.5. The molecule has 7 heteroatoms. The van der Waals surface area contributed by atoms with Gasteiger partial charge in [-0.1, -0.05) is 29.8 Å². The number of piperazine rings is 1. The van der Waals surface area contributed by atoms with Crippen LogP contribution in [0.5, 0.6) is 0 Å². The second-order valence-corrected chi connectivity index (χ2v) is 7.63. The molecule has 3 heterocycles. The van der Waals surface area contributed by atoms with Gasteiger partial charge < -0.3 is 15.1 Å². The zero-order valence-electron chi connectivity index (χ0n) is 17.4. The van der Waals surface area contributed by atoms with Crippen LogP contribution in [0, 0.1) is 6.92 Å². The second kappa shape index (κ2) is 9.00. The van der Waals surface area contributed by atoms with Crippen LogP contribution in [0.15, 0.2) is 55.0 Å². The van der Waals surface area contributed by atoms with E-state index < -0.39 is 0 Å². The van der Waals surface area contributed by atoms with Crippen molar-refractivity contribution in [2.45, 2.75) is 13.5 Å². The molecule has 30 heavy (non-hydrogen) atoms. The highest BCUT2D eigenvalue weighted by Gasteiger charge is 2.23. The monoisotopic (exact) mass is 402 g/mol. The third-order valence-electron chi connectivity index (χ3n) is 5.33. The average molecular weight is 403 g/mol. The molecule has 1 aromatic carbocycles. The molecule has 0 saturated carbocycles. The summed E-state index contributed by atoms with van der Waals surface area (Å²) in [5.41, 5.74) is 3.63. The van der Waals surface area contributed by atoms with Crippen LogP contribution in [0.2, 0.25) is 0 Å². The zero-order chi connectivity index (χ0) is 20.9. The number of carbonyl (C=O) groups excluding carboxylic acids is 1. The average Bonchev–Trinajstić information content (AvgIpc) is 2.79. The minimum absolute atomic E-state index is 0.170. The van der Waals surface area contributed by atoms with E-state index in [4.69, 9.17) is 4.98 Å². The Labute approximate surface area is 176 Å². The Hall–Kier alpha value is -3.32. The van der Waals surface area contributed by atoms with Gasteiger partial charge in [0, 0.05) is 56.9 Å². The molecule has 0 bridgehead atoms. The molecular formula is C23H26N6O. The fourth-order valence-electron chi connectivity index (χ4n) is 3.41. The number of hydrogen-bond donors (Lipinski definition) is 1. The van der Waals surface area contributed by atoms with E-state index in [1.165, 1.54) is 5.56 Å². The van der Waals surface area contributed by atoms with E-state index in [9.17, 15) is 4.79 Å².